The maximum absolute atomic E-state index is 12.8. The van der Waals surface area contributed by atoms with Gasteiger partial charge in [0.15, 0.2) is 6.10 Å². The molecule has 352 valence electrons. The van der Waals surface area contributed by atoms with E-state index in [0.29, 0.717) is 19.3 Å². The van der Waals surface area contributed by atoms with Crippen molar-refractivity contribution in [2.45, 2.75) is 258 Å². The molecule has 0 rings (SSSR count). The first-order chi connectivity index (χ1) is 30.0. The van der Waals surface area contributed by atoms with E-state index < -0.39 is 6.10 Å². The van der Waals surface area contributed by atoms with Crippen LogP contribution in [-0.4, -0.2) is 37.2 Å². The van der Waals surface area contributed by atoms with E-state index in [1.807, 2.05) is 0 Å². The van der Waals surface area contributed by atoms with Crippen LogP contribution < -0.4 is 0 Å². The first-order valence-electron chi connectivity index (χ1n) is 25.8. The van der Waals surface area contributed by atoms with Crippen molar-refractivity contribution in [1.29, 1.82) is 0 Å². The summed E-state index contributed by atoms with van der Waals surface area (Å²) in [7, 11) is 0. The van der Waals surface area contributed by atoms with Crippen molar-refractivity contribution in [3.05, 3.63) is 60.8 Å². The summed E-state index contributed by atoms with van der Waals surface area (Å²) in [6, 6.07) is 0. The third-order valence-corrected chi connectivity index (χ3v) is 11.0. The maximum Gasteiger partial charge on any atom is 0.306 e. The lowest BCUT2D eigenvalue weighted by Gasteiger charge is -2.18. The van der Waals surface area contributed by atoms with Gasteiger partial charge in [-0.1, -0.05) is 210 Å². The number of hydrogen-bond acceptors (Lipinski definition) is 6. The molecular formula is C55H96O6. The van der Waals surface area contributed by atoms with Crippen LogP contribution in [0, 0.1) is 0 Å². The minimum absolute atomic E-state index is 0.0799. The van der Waals surface area contributed by atoms with E-state index in [4.69, 9.17) is 14.2 Å². The second-order valence-electron chi connectivity index (χ2n) is 17.1. The topological polar surface area (TPSA) is 78.9 Å². The zero-order valence-corrected chi connectivity index (χ0v) is 40.2. The summed E-state index contributed by atoms with van der Waals surface area (Å²) >= 11 is 0. The quantitative estimate of drug-likeness (QED) is 0.0263. The summed E-state index contributed by atoms with van der Waals surface area (Å²) < 4.78 is 16.7. The monoisotopic (exact) mass is 853 g/mol. The maximum atomic E-state index is 12.8. The molecule has 0 aliphatic carbocycles. The van der Waals surface area contributed by atoms with E-state index in [-0.39, 0.29) is 31.1 Å². The minimum atomic E-state index is -0.779. The van der Waals surface area contributed by atoms with Crippen LogP contribution in [-0.2, 0) is 28.6 Å². The third kappa shape index (κ3) is 48.0. The summed E-state index contributed by atoms with van der Waals surface area (Å²) in [5.41, 5.74) is 0. The predicted molar refractivity (Wildman–Crippen MR) is 261 cm³/mol. The van der Waals surface area contributed by atoms with Gasteiger partial charge in [-0.05, 0) is 83.5 Å². The molecule has 0 N–H and O–H groups in total. The Labute approximate surface area is 377 Å². The van der Waals surface area contributed by atoms with Crippen LogP contribution >= 0.6 is 0 Å². The van der Waals surface area contributed by atoms with Gasteiger partial charge in [0, 0.05) is 19.3 Å². The Kier molecular flexibility index (Phi) is 47.4. The Bertz CT molecular complexity index is 1120. The molecule has 61 heavy (non-hydrogen) atoms. The zero-order chi connectivity index (χ0) is 44.4. The van der Waals surface area contributed by atoms with Crippen LogP contribution in [0.25, 0.3) is 0 Å². The minimum Gasteiger partial charge on any atom is -0.462 e. The number of rotatable bonds is 46. The average Bonchev–Trinajstić information content (AvgIpc) is 3.26. The molecule has 6 heteroatoms. The van der Waals surface area contributed by atoms with E-state index in [1.165, 1.54) is 116 Å². The van der Waals surface area contributed by atoms with Gasteiger partial charge in [-0.25, -0.2) is 0 Å². The summed E-state index contributed by atoms with van der Waals surface area (Å²) in [6.45, 7) is 6.47. The van der Waals surface area contributed by atoms with E-state index in [0.717, 1.165) is 96.3 Å². The fourth-order valence-corrected chi connectivity index (χ4v) is 7.13. The fourth-order valence-electron chi connectivity index (χ4n) is 7.13. The van der Waals surface area contributed by atoms with E-state index in [9.17, 15) is 14.4 Å². The van der Waals surface area contributed by atoms with Gasteiger partial charge in [0.25, 0.3) is 0 Å². The number of ether oxygens (including phenoxy) is 3. The van der Waals surface area contributed by atoms with E-state index in [1.54, 1.807) is 0 Å². The SMILES string of the molecule is CC/C=C\C/C=C\C/C=C\CCCCCCCCCC(=O)OC(COC(=O)CCCCCCCCCC)COC(=O)CCCCCCCCC/C=C\C/C=C\CCCCCC. The van der Waals surface area contributed by atoms with E-state index >= 15 is 0 Å². The van der Waals surface area contributed by atoms with Crippen molar-refractivity contribution in [2.24, 2.45) is 0 Å². The highest BCUT2D eigenvalue weighted by Gasteiger charge is 2.19. The molecule has 0 fully saturated rings. The summed E-state index contributed by atoms with van der Waals surface area (Å²) in [6.07, 6.45) is 60.7. The number of esters is 3. The Balaban J connectivity index is 4.31. The van der Waals surface area contributed by atoms with Crippen LogP contribution in [0.2, 0.25) is 0 Å². The fraction of sp³-hybridized carbons (Fsp3) is 0.764. The number of carbonyl (C=O) groups is 3. The lowest BCUT2D eigenvalue weighted by atomic mass is 10.1. The van der Waals surface area contributed by atoms with Crippen LogP contribution in [0.1, 0.15) is 252 Å². The van der Waals surface area contributed by atoms with Crippen LogP contribution in [0.5, 0.6) is 0 Å². The van der Waals surface area contributed by atoms with Gasteiger partial charge in [0.2, 0.25) is 0 Å². The molecule has 0 aromatic carbocycles. The molecular weight excluding hydrogens is 757 g/mol. The average molecular weight is 853 g/mol. The number of carbonyl (C=O) groups excluding carboxylic acids is 3. The number of hydrogen-bond donors (Lipinski definition) is 0. The van der Waals surface area contributed by atoms with Crippen molar-refractivity contribution in [3.63, 3.8) is 0 Å². The molecule has 0 spiro atoms. The number of unbranched alkanes of at least 4 members (excludes halogenated alkanes) is 25. The molecule has 0 aromatic rings. The first kappa shape index (κ1) is 58.1. The molecule has 0 heterocycles. The molecule has 6 nitrogen and oxygen atoms in total. The lowest BCUT2D eigenvalue weighted by Crippen LogP contribution is -2.30. The van der Waals surface area contributed by atoms with Crippen LogP contribution in [0.15, 0.2) is 60.8 Å². The molecule has 0 saturated carbocycles. The second-order valence-corrected chi connectivity index (χ2v) is 17.1. The van der Waals surface area contributed by atoms with Crippen molar-refractivity contribution in [3.8, 4) is 0 Å². The standard InChI is InChI=1S/C55H96O6/c1-4-7-10-13-16-19-21-23-25-27-29-30-32-34-36-39-42-45-48-54(57)60-51-52(50-59-53(56)47-44-41-38-18-15-12-9-6-3)61-55(58)49-46-43-40-37-35-33-31-28-26-24-22-20-17-14-11-8-5-2/h8,11,17,19-21,24-27,52H,4-7,9-10,12-16,18,22-23,28-51H2,1-3H3/b11-8-,20-17-,21-19-,26-24-,27-25-. The molecule has 0 aliphatic rings. The molecule has 1 unspecified atom stereocenters. The summed E-state index contributed by atoms with van der Waals surface area (Å²) in [4.78, 5) is 37.9. The van der Waals surface area contributed by atoms with Crippen molar-refractivity contribution < 1.29 is 28.6 Å². The summed E-state index contributed by atoms with van der Waals surface area (Å²) in [5, 5.41) is 0. The van der Waals surface area contributed by atoms with Crippen molar-refractivity contribution in [2.75, 3.05) is 13.2 Å². The van der Waals surface area contributed by atoms with Gasteiger partial charge in [-0.15, -0.1) is 0 Å². The normalized spacial score (nSPS) is 12.5. The molecule has 0 amide bonds. The van der Waals surface area contributed by atoms with Gasteiger partial charge in [-0.2, -0.15) is 0 Å². The Hall–Kier alpha value is -2.89. The second kappa shape index (κ2) is 49.8. The lowest BCUT2D eigenvalue weighted by molar-refractivity contribution is -0.167. The van der Waals surface area contributed by atoms with Crippen molar-refractivity contribution >= 4 is 17.9 Å². The van der Waals surface area contributed by atoms with Gasteiger partial charge < -0.3 is 14.2 Å². The van der Waals surface area contributed by atoms with Crippen molar-refractivity contribution in [1.82, 2.24) is 0 Å². The largest absolute Gasteiger partial charge is 0.462 e. The highest BCUT2D eigenvalue weighted by atomic mass is 16.6. The highest BCUT2D eigenvalue weighted by molar-refractivity contribution is 5.71. The summed E-state index contributed by atoms with van der Waals surface area (Å²) in [5.74, 6) is -0.898. The molecule has 0 bridgehead atoms. The smallest absolute Gasteiger partial charge is 0.306 e. The molecule has 0 saturated heterocycles. The zero-order valence-electron chi connectivity index (χ0n) is 40.2. The van der Waals surface area contributed by atoms with Gasteiger partial charge in [-0.3, -0.25) is 14.4 Å². The van der Waals surface area contributed by atoms with Crippen LogP contribution in [0.3, 0.4) is 0 Å². The third-order valence-electron chi connectivity index (χ3n) is 11.0. The van der Waals surface area contributed by atoms with Gasteiger partial charge >= 0.3 is 17.9 Å². The van der Waals surface area contributed by atoms with Crippen LogP contribution in [0.4, 0.5) is 0 Å². The Morgan fingerprint density at radius 3 is 1.02 bits per heavy atom. The van der Waals surface area contributed by atoms with Gasteiger partial charge in [0.1, 0.15) is 13.2 Å². The Morgan fingerprint density at radius 1 is 0.344 bits per heavy atom. The first-order valence-corrected chi connectivity index (χ1v) is 25.8. The molecule has 0 aromatic heterocycles. The Morgan fingerprint density at radius 2 is 0.639 bits per heavy atom. The highest BCUT2D eigenvalue weighted by Crippen LogP contribution is 2.14. The van der Waals surface area contributed by atoms with E-state index in [2.05, 4.69) is 81.5 Å². The molecule has 0 radical (unpaired) electrons. The van der Waals surface area contributed by atoms with Gasteiger partial charge in [0.05, 0.1) is 0 Å². The molecule has 0 aliphatic heterocycles. The predicted octanol–water partition coefficient (Wildman–Crippen LogP) is 16.9. The molecule has 1 atom stereocenters. The number of allylic oxidation sites excluding steroid dienone is 10.